The zero-order chi connectivity index (χ0) is 21.4. The quantitative estimate of drug-likeness (QED) is 0.365. The molecule has 29 heavy (non-hydrogen) atoms. The number of benzene rings is 2. The van der Waals surface area contributed by atoms with Gasteiger partial charge in [-0.3, -0.25) is 10.1 Å². The topological polar surface area (TPSA) is 159 Å². The van der Waals surface area contributed by atoms with Crippen molar-refractivity contribution in [3.63, 3.8) is 0 Å². The second-order valence-corrected chi connectivity index (χ2v) is 6.13. The van der Waals surface area contributed by atoms with E-state index in [2.05, 4.69) is 5.32 Å². The molecular weight excluding hydrogens is 384 g/mol. The second-order valence-electron chi connectivity index (χ2n) is 6.13. The van der Waals surface area contributed by atoms with Gasteiger partial charge in [0.05, 0.1) is 11.0 Å². The number of nitro benzene ring substituents is 1. The molecule has 0 bridgehead atoms. The molecule has 0 aliphatic heterocycles. The second kappa shape index (κ2) is 10.2. The van der Waals surface area contributed by atoms with Crippen molar-refractivity contribution in [1.82, 2.24) is 5.32 Å². The fourth-order valence-electron chi connectivity index (χ4n) is 2.54. The molecule has 1 amide bonds. The van der Waals surface area contributed by atoms with Crippen LogP contribution in [-0.2, 0) is 11.3 Å². The number of nitrogens with zero attached hydrogens (tertiary/aromatic N) is 1. The predicted octanol–water partition coefficient (Wildman–Crippen LogP) is 2.00. The number of ether oxygens (including phenoxy) is 1. The van der Waals surface area contributed by atoms with Gasteiger partial charge >= 0.3 is 12.1 Å². The molecule has 0 aliphatic rings. The van der Waals surface area contributed by atoms with E-state index < -0.39 is 40.4 Å². The Morgan fingerprint density at radius 1 is 1.14 bits per heavy atom. The summed E-state index contributed by atoms with van der Waals surface area (Å²) in [6, 6.07) is 12.1. The largest absolute Gasteiger partial charge is 0.477 e. The molecule has 0 heterocycles. The Labute approximate surface area is 165 Å². The molecule has 10 heteroatoms. The van der Waals surface area contributed by atoms with Crippen LogP contribution in [0.4, 0.5) is 10.5 Å². The smallest absolute Gasteiger partial charge is 0.407 e. The molecule has 0 saturated heterocycles. The summed E-state index contributed by atoms with van der Waals surface area (Å²) in [4.78, 5) is 32.8. The Morgan fingerprint density at radius 3 is 2.45 bits per heavy atom. The maximum atomic E-state index is 11.7. The number of nitrogens with one attached hydrogen (secondary N) is 1. The van der Waals surface area contributed by atoms with Crippen LogP contribution in [0.25, 0.3) is 0 Å². The van der Waals surface area contributed by atoms with E-state index in [9.17, 15) is 29.9 Å². The maximum absolute atomic E-state index is 11.7. The normalized spacial score (nSPS) is 12.6. The number of aromatic carboxylic acids is 1. The van der Waals surface area contributed by atoms with E-state index >= 15 is 0 Å². The first-order valence-electron chi connectivity index (χ1n) is 8.62. The van der Waals surface area contributed by atoms with Crippen molar-refractivity contribution in [3.8, 4) is 0 Å². The summed E-state index contributed by atoms with van der Waals surface area (Å²) in [6.45, 7) is 0.0726. The lowest BCUT2D eigenvalue weighted by atomic mass is 9.99. The van der Waals surface area contributed by atoms with Gasteiger partial charge in [-0.05, 0) is 29.7 Å². The lowest BCUT2D eigenvalue weighted by molar-refractivity contribution is -0.385. The van der Waals surface area contributed by atoms with Crippen LogP contribution < -0.4 is 5.32 Å². The minimum absolute atomic E-state index is 0.00662. The minimum atomic E-state index is -1.52. The highest BCUT2D eigenvalue weighted by Gasteiger charge is 2.25. The molecule has 2 atom stereocenters. The molecule has 154 valence electrons. The number of carbonyl (C=O) groups is 2. The monoisotopic (exact) mass is 404 g/mol. The third-order valence-corrected chi connectivity index (χ3v) is 4.08. The highest BCUT2D eigenvalue weighted by molar-refractivity contribution is 5.92. The number of hydrogen-bond acceptors (Lipinski definition) is 7. The van der Waals surface area contributed by atoms with Crippen LogP contribution in [0.1, 0.15) is 34.0 Å². The maximum Gasteiger partial charge on any atom is 0.407 e. The van der Waals surface area contributed by atoms with E-state index in [-0.39, 0.29) is 25.1 Å². The molecular formula is C19H20N2O8. The lowest BCUT2D eigenvalue weighted by Crippen LogP contribution is -2.29. The summed E-state index contributed by atoms with van der Waals surface area (Å²) in [5.41, 5.74) is -0.398. The van der Waals surface area contributed by atoms with Gasteiger partial charge in [0, 0.05) is 12.6 Å². The van der Waals surface area contributed by atoms with Crippen LogP contribution in [0.3, 0.4) is 0 Å². The van der Waals surface area contributed by atoms with Crippen LogP contribution in [0, 0.1) is 10.1 Å². The molecule has 2 aromatic rings. The van der Waals surface area contributed by atoms with Crippen LogP contribution in [-0.4, -0.2) is 45.0 Å². The van der Waals surface area contributed by atoms with E-state index in [1.165, 1.54) is 6.07 Å². The number of rotatable bonds is 9. The Bertz CT molecular complexity index is 872. The molecule has 2 aromatic carbocycles. The Kier molecular flexibility index (Phi) is 7.63. The molecule has 4 N–H and O–H groups in total. The number of aliphatic hydroxyl groups is 2. The fraction of sp³-hybridized carbons (Fsp3) is 0.263. The van der Waals surface area contributed by atoms with Gasteiger partial charge in [0.15, 0.2) is 0 Å². The highest BCUT2D eigenvalue weighted by atomic mass is 16.6. The summed E-state index contributed by atoms with van der Waals surface area (Å²) in [7, 11) is 0. The van der Waals surface area contributed by atoms with Crippen molar-refractivity contribution >= 4 is 17.7 Å². The number of alkyl carbamates (subject to hydrolysis) is 1. The van der Waals surface area contributed by atoms with Gasteiger partial charge in [-0.25, -0.2) is 9.59 Å². The zero-order valence-corrected chi connectivity index (χ0v) is 15.2. The summed E-state index contributed by atoms with van der Waals surface area (Å²) >= 11 is 0. The van der Waals surface area contributed by atoms with Crippen molar-refractivity contribution in [1.29, 1.82) is 0 Å². The van der Waals surface area contributed by atoms with Gasteiger partial charge in [-0.2, -0.15) is 0 Å². The predicted molar refractivity (Wildman–Crippen MR) is 100 cm³/mol. The van der Waals surface area contributed by atoms with E-state index in [1.54, 1.807) is 12.1 Å². The van der Waals surface area contributed by atoms with Gasteiger partial charge in [-0.15, -0.1) is 0 Å². The molecule has 2 unspecified atom stereocenters. The summed E-state index contributed by atoms with van der Waals surface area (Å²) in [6.07, 6.45) is -3.58. The van der Waals surface area contributed by atoms with Crippen molar-refractivity contribution in [2.45, 2.75) is 25.2 Å². The third-order valence-electron chi connectivity index (χ3n) is 4.08. The first-order chi connectivity index (χ1) is 13.8. The zero-order valence-electron chi connectivity index (χ0n) is 15.2. The molecule has 0 aliphatic carbocycles. The van der Waals surface area contributed by atoms with Gasteiger partial charge < -0.3 is 25.4 Å². The number of hydrogen-bond donors (Lipinski definition) is 4. The highest BCUT2D eigenvalue weighted by Crippen LogP contribution is 2.26. The molecule has 10 nitrogen and oxygen atoms in total. The van der Waals surface area contributed by atoms with E-state index in [0.717, 1.165) is 17.7 Å². The Balaban J connectivity index is 1.86. The van der Waals surface area contributed by atoms with Crippen LogP contribution >= 0.6 is 0 Å². The van der Waals surface area contributed by atoms with E-state index in [0.29, 0.717) is 0 Å². The molecule has 0 saturated carbocycles. The number of carboxylic acid groups (broad SMARTS) is 1. The van der Waals surface area contributed by atoms with Gasteiger partial charge in [-0.1, -0.05) is 30.3 Å². The minimum Gasteiger partial charge on any atom is -0.477 e. The summed E-state index contributed by atoms with van der Waals surface area (Å²) in [5, 5.41) is 42.6. The molecule has 0 radical (unpaired) electrons. The summed E-state index contributed by atoms with van der Waals surface area (Å²) < 4.78 is 5.01. The van der Waals surface area contributed by atoms with Crippen molar-refractivity contribution in [3.05, 3.63) is 75.3 Å². The molecule has 0 aromatic heterocycles. The first-order valence-corrected chi connectivity index (χ1v) is 8.62. The third kappa shape index (κ3) is 6.26. The lowest BCUT2D eigenvalue weighted by Gasteiger charge is -2.18. The number of carboxylic acids is 1. The molecule has 2 rings (SSSR count). The van der Waals surface area contributed by atoms with Crippen molar-refractivity contribution in [2.75, 3.05) is 6.54 Å². The van der Waals surface area contributed by atoms with Crippen molar-refractivity contribution in [2.24, 2.45) is 0 Å². The molecule has 0 fully saturated rings. The van der Waals surface area contributed by atoms with E-state index in [4.69, 9.17) is 9.84 Å². The fourth-order valence-corrected chi connectivity index (χ4v) is 2.54. The van der Waals surface area contributed by atoms with Crippen LogP contribution in [0.2, 0.25) is 0 Å². The number of carbonyl (C=O) groups excluding carboxylic acids is 1. The van der Waals surface area contributed by atoms with Gasteiger partial charge in [0.2, 0.25) is 0 Å². The number of amides is 1. The standard InChI is InChI=1S/C19H20N2O8/c22-16(8-9-20-19(26)29-11-12-4-2-1-3-5-12)17(23)13-6-7-15(21(27)28)14(10-13)18(24)25/h1-7,10,16-17,22-23H,8-9,11H2,(H,20,26)(H,24,25). The van der Waals surface area contributed by atoms with Crippen LogP contribution in [0.5, 0.6) is 0 Å². The molecule has 0 spiro atoms. The summed E-state index contributed by atoms with van der Waals surface area (Å²) in [5.74, 6) is -1.52. The number of aliphatic hydroxyl groups excluding tert-OH is 2. The van der Waals surface area contributed by atoms with Crippen molar-refractivity contribution < 1.29 is 34.6 Å². The van der Waals surface area contributed by atoms with Crippen LogP contribution in [0.15, 0.2) is 48.5 Å². The number of nitro groups is 1. The van der Waals surface area contributed by atoms with Gasteiger partial charge in [0.1, 0.15) is 18.3 Å². The average molecular weight is 404 g/mol. The average Bonchev–Trinajstić information content (AvgIpc) is 2.71. The Morgan fingerprint density at radius 2 is 1.83 bits per heavy atom. The Hall–Kier alpha value is -3.50. The van der Waals surface area contributed by atoms with Gasteiger partial charge in [0.25, 0.3) is 5.69 Å². The first kappa shape index (κ1) is 21.8. The van der Waals surface area contributed by atoms with E-state index in [1.807, 2.05) is 18.2 Å². The SMILES string of the molecule is O=C(NCCC(O)C(O)c1ccc([N+](=O)[O-])c(C(=O)O)c1)OCc1ccccc1.